The molecule has 0 bridgehead atoms. The van der Waals surface area contributed by atoms with Crippen molar-refractivity contribution in [3.8, 4) is 0 Å². The van der Waals surface area contributed by atoms with Crippen LogP contribution in [0.4, 0.5) is 0 Å². The fraction of sp³-hybridized carbons (Fsp3) is 0.0625. The summed E-state index contributed by atoms with van der Waals surface area (Å²) in [4.78, 5) is 15.7. The minimum atomic E-state index is -0.0656. The number of ketones is 1. The summed E-state index contributed by atoms with van der Waals surface area (Å²) in [6.45, 7) is 1.99. The number of aromatic amines is 1. The Bertz CT molecular complexity index is 820. The number of H-pyrrole nitrogens is 1. The van der Waals surface area contributed by atoms with Gasteiger partial charge in [0.25, 0.3) is 0 Å². The van der Waals surface area contributed by atoms with E-state index in [1.54, 1.807) is 24.4 Å². The van der Waals surface area contributed by atoms with Crippen LogP contribution in [0.3, 0.4) is 0 Å². The average Bonchev–Trinajstić information content (AvgIpc) is 2.86. The summed E-state index contributed by atoms with van der Waals surface area (Å²) in [5.74, 6) is -0.0656. The van der Waals surface area contributed by atoms with Crippen molar-refractivity contribution in [2.75, 3.05) is 0 Å². The van der Waals surface area contributed by atoms with Crippen LogP contribution in [0.25, 0.3) is 10.9 Å². The highest BCUT2D eigenvalue weighted by molar-refractivity contribution is 6.42. The number of aromatic nitrogens is 1. The molecule has 1 aromatic heterocycles. The van der Waals surface area contributed by atoms with Crippen molar-refractivity contribution in [3.63, 3.8) is 0 Å². The van der Waals surface area contributed by atoms with Gasteiger partial charge in [-0.2, -0.15) is 0 Å². The summed E-state index contributed by atoms with van der Waals surface area (Å²) < 4.78 is 0. The fourth-order valence-electron chi connectivity index (χ4n) is 2.34. The van der Waals surface area contributed by atoms with Gasteiger partial charge in [0.1, 0.15) is 0 Å². The molecule has 1 heterocycles. The van der Waals surface area contributed by atoms with E-state index >= 15 is 0 Å². The van der Waals surface area contributed by atoms with E-state index < -0.39 is 0 Å². The lowest BCUT2D eigenvalue weighted by molar-refractivity contribution is 0.104. The lowest BCUT2D eigenvalue weighted by atomic mass is 10.00. The van der Waals surface area contributed by atoms with Gasteiger partial charge in [0.05, 0.1) is 10.0 Å². The Morgan fingerprint density at radius 1 is 1.10 bits per heavy atom. The van der Waals surface area contributed by atoms with Crippen molar-refractivity contribution in [2.45, 2.75) is 6.92 Å². The minimum Gasteiger partial charge on any atom is -0.360 e. The van der Waals surface area contributed by atoms with Gasteiger partial charge in [0, 0.05) is 28.2 Å². The highest BCUT2D eigenvalue weighted by Gasteiger charge is 2.16. The molecule has 1 N–H and O–H groups in total. The third-order valence-electron chi connectivity index (χ3n) is 3.34. The highest BCUT2D eigenvalue weighted by atomic mass is 35.5. The SMILES string of the molecule is Cc1cccc2[nH]cc(C(=O)c3ccc(Cl)c(Cl)c3)c12. The number of fused-ring (bicyclic) bond motifs is 1. The molecule has 0 spiro atoms. The topological polar surface area (TPSA) is 32.9 Å². The van der Waals surface area contributed by atoms with Crippen LogP contribution in [0, 0.1) is 6.92 Å². The molecule has 0 radical (unpaired) electrons. The molecule has 0 atom stereocenters. The Morgan fingerprint density at radius 2 is 1.90 bits per heavy atom. The molecular weight excluding hydrogens is 293 g/mol. The van der Waals surface area contributed by atoms with Gasteiger partial charge in [-0.1, -0.05) is 35.3 Å². The number of aryl methyl sites for hydroxylation is 1. The van der Waals surface area contributed by atoms with Crippen molar-refractivity contribution in [1.82, 2.24) is 4.98 Å². The lowest BCUT2D eigenvalue weighted by Crippen LogP contribution is -2.00. The number of carbonyl (C=O) groups excluding carboxylic acids is 1. The van der Waals surface area contributed by atoms with Gasteiger partial charge < -0.3 is 4.98 Å². The normalized spacial score (nSPS) is 10.9. The van der Waals surface area contributed by atoms with Gasteiger partial charge in [-0.25, -0.2) is 0 Å². The van der Waals surface area contributed by atoms with Crippen molar-refractivity contribution in [2.24, 2.45) is 0 Å². The molecule has 0 amide bonds. The van der Waals surface area contributed by atoms with Crippen LogP contribution >= 0.6 is 23.2 Å². The van der Waals surface area contributed by atoms with Crippen molar-refractivity contribution in [3.05, 3.63) is 69.3 Å². The molecule has 0 aliphatic heterocycles. The van der Waals surface area contributed by atoms with E-state index in [0.29, 0.717) is 21.2 Å². The summed E-state index contributed by atoms with van der Waals surface area (Å²) in [5.41, 5.74) is 3.20. The maximum Gasteiger partial charge on any atom is 0.195 e. The first-order valence-corrected chi connectivity index (χ1v) is 6.90. The van der Waals surface area contributed by atoms with Gasteiger partial charge in [-0.05, 0) is 36.8 Å². The fourth-order valence-corrected chi connectivity index (χ4v) is 2.64. The van der Waals surface area contributed by atoms with Crippen molar-refractivity contribution in [1.29, 1.82) is 0 Å². The van der Waals surface area contributed by atoms with Crippen LogP contribution in [0.1, 0.15) is 21.5 Å². The quantitative estimate of drug-likeness (QED) is 0.663. The molecule has 0 aliphatic carbocycles. The van der Waals surface area contributed by atoms with Crippen LogP contribution in [0.15, 0.2) is 42.6 Å². The zero-order valence-electron chi connectivity index (χ0n) is 10.7. The molecule has 0 saturated carbocycles. The highest BCUT2D eigenvalue weighted by Crippen LogP contribution is 2.27. The maximum absolute atomic E-state index is 12.6. The van der Waals surface area contributed by atoms with Gasteiger partial charge in [-0.3, -0.25) is 4.79 Å². The predicted molar refractivity (Wildman–Crippen MR) is 82.9 cm³/mol. The molecule has 0 aliphatic rings. The van der Waals surface area contributed by atoms with Crippen LogP contribution in [0.5, 0.6) is 0 Å². The van der Waals surface area contributed by atoms with E-state index in [1.807, 2.05) is 25.1 Å². The van der Waals surface area contributed by atoms with E-state index in [1.165, 1.54) is 0 Å². The first kappa shape index (κ1) is 13.2. The Kier molecular flexibility index (Phi) is 3.28. The van der Waals surface area contributed by atoms with Crippen molar-refractivity contribution >= 4 is 39.9 Å². The largest absolute Gasteiger partial charge is 0.360 e. The second-order valence-corrected chi connectivity index (χ2v) is 5.47. The molecule has 0 saturated heterocycles. The number of benzene rings is 2. The van der Waals surface area contributed by atoms with E-state index in [4.69, 9.17) is 23.2 Å². The zero-order chi connectivity index (χ0) is 14.3. The molecule has 4 heteroatoms. The third kappa shape index (κ3) is 2.11. The molecular formula is C16H11Cl2NO. The van der Waals surface area contributed by atoms with Gasteiger partial charge >= 0.3 is 0 Å². The summed E-state index contributed by atoms with van der Waals surface area (Å²) in [6, 6.07) is 10.8. The molecule has 3 rings (SSSR count). The predicted octanol–water partition coefficient (Wildman–Crippen LogP) is 5.01. The summed E-state index contributed by atoms with van der Waals surface area (Å²) in [6.07, 6.45) is 1.74. The second-order valence-electron chi connectivity index (χ2n) is 4.66. The van der Waals surface area contributed by atoms with Crippen molar-refractivity contribution < 1.29 is 4.79 Å². The zero-order valence-corrected chi connectivity index (χ0v) is 12.2. The monoisotopic (exact) mass is 303 g/mol. The Balaban J connectivity index is 2.15. The summed E-state index contributed by atoms with van der Waals surface area (Å²) >= 11 is 11.9. The molecule has 0 fully saturated rings. The van der Waals surface area contributed by atoms with Crippen LogP contribution in [-0.4, -0.2) is 10.8 Å². The smallest absolute Gasteiger partial charge is 0.195 e. The molecule has 3 aromatic rings. The van der Waals surface area contributed by atoms with E-state index in [2.05, 4.69) is 4.98 Å². The number of hydrogen-bond donors (Lipinski definition) is 1. The minimum absolute atomic E-state index is 0.0656. The number of nitrogens with one attached hydrogen (secondary N) is 1. The molecule has 0 unspecified atom stereocenters. The average molecular weight is 304 g/mol. The first-order chi connectivity index (χ1) is 9.58. The molecule has 20 heavy (non-hydrogen) atoms. The van der Waals surface area contributed by atoms with E-state index in [9.17, 15) is 4.79 Å². The van der Waals surface area contributed by atoms with Crippen LogP contribution < -0.4 is 0 Å². The Labute approximate surface area is 126 Å². The Hall–Kier alpha value is -1.77. The summed E-state index contributed by atoms with van der Waals surface area (Å²) in [5, 5.41) is 1.77. The third-order valence-corrected chi connectivity index (χ3v) is 4.08. The van der Waals surface area contributed by atoms with Gasteiger partial charge in [0.2, 0.25) is 0 Å². The molecule has 100 valence electrons. The van der Waals surface area contributed by atoms with Gasteiger partial charge in [0.15, 0.2) is 5.78 Å². The number of carbonyl (C=O) groups is 1. The second kappa shape index (κ2) is 4.97. The Morgan fingerprint density at radius 3 is 2.65 bits per heavy atom. The number of rotatable bonds is 2. The first-order valence-electron chi connectivity index (χ1n) is 6.14. The summed E-state index contributed by atoms with van der Waals surface area (Å²) in [7, 11) is 0. The lowest BCUT2D eigenvalue weighted by Gasteiger charge is -2.03. The van der Waals surface area contributed by atoms with Crippen LogP contribution in [-0.2, 0) is 0 Å². The van der Waals surface area contributed by atoms with E-state index in [0.717, 1.165) is 16.5 Å². The maximum atomic E-state index is 12.6. The van der Waals surface area contributed by atoms with E-state index in [-0.39, 0.29) is 5.78 Å². The standard InChI is InChI=1S/C16H11Cl2NO/c1-9-3-2-4-14-15(9)11(8-19-14)16(20)10-5-6-12(17)13(18)7-10/h2-8,19H,1H3. The van der Waals surface area contributed by atoms with Crippen LogP contribution in [0.2, 0.25) is 10.0 Å². The van der Waals surface area contributed by atoms with Gasteiger partial charge in [-0.15, -0.1) is 0 Å². The molecule has 2 aromatic carbocycles. The molecule has 2 nitrogen and oxygen atoms in total. The number of hydrogen-bond acceptors (Lipinski definition) is 1. The number of halogens is 2.